The lowest BCUT2D eigenvalue weighted by Crippen LogP contribution is -2.43. The highest BCUT2D eigenvalue weighted by Gasteiger charge is 2.28. The predicted molar refractivity (Wildman–Crippen MR) is 115 cm³/mol. The summed E-state index contributed by atoms with van der Waals surface area (Å²) < 4.78 is 10.8. The summed E-state index contributed by atoms with van der Waals surface area (Å²) in [5, 5.41) is 0. The van der Waals surface area contributed by atoms with Gasteiger partial charge in [0.1, 0.15) is 0 Å². The number of benzene rings is 1. The van der Waals surface area contributed by atoms with Crippen LogP contribution in [0.25, 0.3) is 0 Å². The van der Waals surface area contributed by atoms with Gasteiger partial charge in [0.05, 0.1) is 32.0 Å². The van der Waals surface area contributed by atoms with Crippen molar-refractivity contribution >= 4 is 17.5 Å². The molecule has 0 bridgehead atoms. The minimum Gasteiger partial charge on any atom is -0.378 e. The molecule has 0 spiro atoms. The van der Waals surface area contributed by atoms with Crippen LogP contribution >= 0.6 is 0 Å². The summed E-state index contributed by atoms with van der Waals surface area (Å²) in [7, 11) is 0. The number of anilines is 1. The molecule has 0 aromatic heterocycles. The molecule has 3 heterocycles. The van der Waals surface area contributed by atoms with Gasteiger partial charge in [0.2, 0.25) is 5.91 Å². The molecule has 0 saturated carbocycles. The fraction of sp³-hybridized carbons (Fsp3) is 0.652. The maximum Gasteiger partial charge on any atom is 0.255 e. The second-order valence-electron chi connectivity index (χ2n) is 8.41. The zero-order chi connectivity index (χ0) is 20.8. The normalized spacial score (nSPS) is 22.8. The first-order valence-corrected chi connectivity index (χ1v) is 11.3. The van der Waals surface area contributed by atoms with Gasteiger partial charge >= 0.3 is 0 Å². The summed E-state index contributed by atoms with van der Waals surface area (Å²) in [5.74, 6) is 0.726. The average Bonchev–Trinajstić information content (AvgIpc) is 2.83. The summed E-state index contributed by atoms with van der Waals surface area (Å²) in [6.07, 6.45) is 3.51. The zero-order valence-electron chi connectivity index (χ0n) is 17.8. The molecule has 30 heavy (non-hydrogen) atoms. The van der Waals surface area contributed by atoms with Crippen LogP contribution in [0.4, 0.5) is 5.69 Å². The van der Waals surface area contributed by atoms with Crippen molar-refractivity contribution in [1.82, 2.24) is 9.80 Å². The van der Waals surface area contributed by atoms with E-state index >= 15 is 0 Å². The molecule has 7 heteroatoms. The molecule has 0 aliphatic carbocycles. The molecule has 3 aliphatic rings. The van der Waals surface area contributed by atoms with E-state index in [9.17, 15) is 9.59 Å². The van der Waals surface area contributed by atoms with Crippen LogP contribution in [0.3, 0.4) is 0 Å². The molecule has 4 rings (SSSR count). The number of piperidine rings is 1. The van der Waals surface area contributed by atoms with Gasteiger partial charge in [-0.05, 0) is 37.3 Å². The van der Waals surface area contributed by atoms with E-state index in [1.54, 1.807) is 0 Å². The first-order chi connectivity index (χ1) is 14.7. The number of morpholine rings is 2. The van der Waals surface area contributed by atoms with Crippen molar-refractivity contribution in [2.75, 3.05) is 70.6 Å². The van der Waals surface area contributed by atoms with Crippen molar-refractivity contribution in [1.29, 1.82) is 0 Å². The van der Waals surface area contributed by atoms with E-state index in [4.69, 9.17) is 9.47 Å². The molecule has 164 valence electrons. The van der Waals surface area contributed by atoms with Gasteiger partial charge in [-0.3, -0.25) is 9.59 Å². The lowest BCUT2D eigenvalue weighted by molar-refractivity contribution is -0.135. The van der Waals surface area contributed by atoms with Crippen LogP contribution in [0.5, 0.6) is 0 Å². The topological polar surface area (TPSA) is 62.3 Å². The zero-order valence-corrected chi connectivity index (χ0v) is 17.8. The third kappa shape index (κ3) is 5.13. The highest BCUT2D eigenvalue weighted by Crippen LogP contribution is 2.27. The van der Waals surface area contributed by atoms with Gasteiger partial charge in [-0.25, -0.2) is 0 Å². The third-order valence-electron chi connectivity index (χ3n) is 6.42. The van der Waals surface area contributed by atoms with E-state index in [0.29, 0.717) is 51.9 Å². The molecular formula is C23H33N3O4. The van der Waals surface area contributed by atoms with Crippen molar-refractivity contribution in [2.24, 2.45) is 5.92 Å². The molecule has 7 nitrogen and oxygen atoms in total. The van der Waals surface area contributed by atoms with Gasteiger partial charge in [0.15, 0.2) is 0 Å². The van der Waals surface area contributed by atoms with E-state index in [1.165, 1.54) is 0 Å². The third-order valence-corrected chi connectivity index (χ3v) is 6.42. The van der Waals surface area contributed by atoms with E-state index in [0.717, 1.165) is 56.7 Å². The Bertz CT molecular complexity index is 729. The molecule has 1 atom stereocenters. The Hall–Kier alpha value is -2.12. The predicted octanol–water partition coefficient (Wildman–Crippen LogP) is 2.01. The number of ether oxygens (including phenoxy) is 2. The maximum absolute atomic E-state index is 13.4. The summed E-state index contributed by atoms with van der Waals surface area (Å²) in [4.78, 5) is 32.0. The van der Waals surface area contributed by atoms with Gasteiger partial charge in [-0.1, -0.05) is 12.1 Å². The van der Waals surface area contributed by atoms with Gasteiger partial charge in [-0.15, -0.1) is 0 Å². The quantitative estimate of drug-likeness (QED) is 0.736. The maximum atomic E-state index is 13.4. The Labute approximate surface area is 178 Å². The average molecular weight is 416 g/mol. The Morgan fingerprint density at radius 1 is 0.900 bits per heavy atom. The second kappa shape index (κ2) is 10.3. The van der Waals surface area contributed by atoms with E-state index < -0.39 is 0 Å². The molecule has 3 fully saturated rings. The standard InChI is InChI=1S/C23H33N3O4/c27-22(25-12-16-30-17-13-25)8-7-19-4-3-9-26(18-19)23(28)20-5-1-2-6-21(20)24-10-14-29-15-11-24/h1-2,5-6,19H,3-4,7-18H2. The van der Waals surface area contributed by atoms with Gasteiger partial charge in [-0.2, -0.15) is 0 Å². The van der Waals surface area contributed by atoms with Crippen molar-refractivity contribution in [3.8, 4) is 0 Å². The Morgan fingerprint density at radius 3 is 2.37 bits per heavy atom. The van der Waals surface area contributed by atoms with Crippen molar-refractivity contribution in [2.45, 2.75) is 25.7 Å². The molecule has 1 aromatic rings. The molecule has 3 aliphatic heterocycles. The number of nitrogens with zero attached hydrogens (tertiary/aromatic N) is 3. The van der Waals surface area contributed by atoms with Crippen molar-refractivity contribution in [3.05, 3.63) is 29.8 Å². The van der Waals surface area contributed by atoms with Crippen molar-refractivity contribution < 1.29 is 19.1 Å². The fourth-order valence-electron chi connectivity index (χ4n) is 4.69. The minimum absolute atomic E-state index is 0.112. The van der Waals surface area contributed by atoms with Crippen LogP contribution < -0.4 is 4.90 Å². The molecular weight excluding hydrogens is 382 g/mol. The molecule has 1 aromatic carbocycles. The van der Waals surface area contributed by atoms with Crippen LogP contribution in [0, 0.1) is 5.92 Å². The Balaban J connectivity index is 1.35. The largest absolute Gasteiger partial charge is 0.378 e. The van der Waals surface area contributed by atoms with Crippen LogP contribution in [-0.2, 0) is 14.3 Å². The molecule has 0 radical (unpaired) electrons. The van der Waals surface area contributed by atoms with Crippen LogP contribution in [0.1, 0.15) is 36.0 Å². The van der Waals surface area contributed by atoms with Crippen LogP contribution in [0.2, 0.25) is 0 Å². The number of carbonyl (C=O) groups is 2. The van der Waals surface area contributed by atoms with E-state index in [1.807, 2.05) is 34.1 Å². The number of hydrogen-bond donors (Lipinski definition) is 0. The summed E-state index contributed by atoms with van der Waals surface area (Å²) in [5.41, 5.74) is 1.79. The summed E-state index contributed by atoms with van der Waals surface area (Å²) >= 11 is 0. The molecule has 2 amide bonds. The van der Waals surface area contributed by atoms with E-state index in [-0.39, 0.29) is 11.8 Å². The van der Waals surface area contributed by atoms with Crippen molar-refractivity contribution in [3.63, 3.8) is 0 Å². The SMILES string of the molecule is O=C(CCC1CCCN(C(=O)c2ccccc2N2CCOCC2)C1)N1CCOCC1. The lowest BCUT2D eigenvalue weighted by Gasteiger charge is -2.35. The molecule has 1 unspecified atom stereocenters. The highest BCUT2D eigenvalue weighted by molar-refractivity contribution is 6.00. The van der Waals surface area contributed by atoms with Crippen LogP contribution in [-0.4, -0.2) is 87.3 Å². The number of carbonyl (C=O) groups excluding carboxylic acids is 2. The van der Waals surface area contributed by atoms with Crippen LogP contribution in [0.15, 0.2) is 24.3 Å². The summed E-state index contributed by atoms with van der Waals surface area (Å²) in [6.45, 7) is 7.25. The molecule has 0 N–H and O–H groups in total. The van der Waals surface area contributed by atoms with Gasteiger partial charge < -0.3 is 24.2 Å². The fourth-order valence-corrected chi connectivity index (χ4v) is 4.69. The Morgan fingerprint density at radius 2 is 1.60 bits per heavy atom. The summed E-state index contributed by atoms with van der Waals surface area (Å²) in [6, 6.07) is 7.93. The lowest BCUT2D eigenvalue weighted by atomic mass is 9.92. The first-order valence-electron chi connectivity index (χ1n) is 11.3. The van der Waals surface area contributed by atoms with Gasteiger partial charge in [0, 0.05) is 51.4 Å². The number of amides is 2. The Kier molecular flexibility index (Phi) is 7.23. The number of likely N-dealkylation sites (tertiary alicyclic amines) is 1. The number of para-hydroxylation sites is 1. The van der Waals surface area contributed by atoms with Gasteiger partial charge in [0.25, 0.3) is 5.91 Å². The minimum atomic E-state index is 0.112. The second-order valence-corrected chi connectivity index (χ2v) is 8.41. The number of hydrogen-bond acceptors (Lipinski definition) is 5. The number of rotatable bonds is 5. The molecule has 3 saturated heterocycles. The highest BCUT2D eigenvalue weighted by atomic mass is 16.5. The smallest absolute Gasteiger partial charge is 0.255 e. The monoisotopic (exact) mass is 415 g/mol. The van der Waals surface area contributed by atoms with E-state index in [2.05, 4.69) is 4.90 Å². The first kappa shape index (κ1) is 21.1.